The summed E-state index contributed by atoms with van der Waals surface area (Å²) in [5, 5.41) is 3.47. The van der Waals surface area contributed by atoms with Crippen molar-refractivity contribution >= 4 is 11.3 Å². The van der Waals surface area contributed by atoms with Gasteiger partial charge >= 0.3 is 0 Å². The molecule has 3 heteroatoms. The van der Waals surface area contributed by atoms with E-state index in [-0.39, 0.29) is 0 Å². The van der Waals surface area contributed by atoms with Crippen molar-refractivity contribution < 1.29 is 4.74 Å². The number of benzene rings is 1. The van der Waals surface area contributed by atoms with Gasteiger partial charge in [0.1, 0.15) is 0 Å². The molecule has 0 bridgehead atoms. The summed E-state index contributed by atoms with van der Waals surface area (Å²) in [5.74, 6) is 0. The molecular formula is C17H23NOS. The smallest absolute Gasteiger partial charge is 0.0478 e. The second-order valence-electron chi connectivity index (χ2n) is 4.77. The van der Waals surface area contributed by atoms with Gasteiger partial charge in [0.15, 0.2) is 0 Å². The van der Waals surface area contributed by atoms with Crippen LogP contribution in [0.15, 0.2) is 42.5 Å². The number of hydrogen-bond donors (Lipinski definition) is 1. The maximum absolute atomic E-state index is 5.46. The Morgan fingerprint density at radius 3 is 2.70 bits per heavy atom. The molecule has 0 saturated carbocycles. The van der Waals surface area contributed by atoms with E-state index in [1.807, 2.05) is 11.3 Å². The van der Waals surface area contributed by atoms with Gasteiger partial charge in [-0.25, -0.2) is 0 Å². The number of nitrogens with one attached hydrogen (secondary N) is 1. The number of rotatable bonds is 9. The second-order valence-corrected chi connectivity index (χ2v) is 5.94. The zero-order chi connectivity index (χ0) is 14.0. The summed E-state index contributed by atoms with van der Waals surface area (Å²) in [6.45, 7) is 5.85. The highest BCUT2D eigenvalue weighted by Crippen LogP contribution is 2.27. The van der Waals surface area contributed by atoms with Gasteiger partial charge in [0.2, 0.25) is 0 Å². The molecule has 2 aromatic rings. The second kappa shape index (κ2) is 8.90. The third kappa shape index (κ3) is 5.08. The third-order valence-electron chi connectivity index (χ3n) is 3.01. The summed E-state index contributed by atoms with van der Waals surface area (Å²) >= 11 is 1.86. The van der Waals surface area contributed by atoms with Crippen molar-refractivity contribution in [1.82, 2.24) is 5.32 Å². The molecule has 1 heterocycles. The highest BCUT2D eigenvalue weighted by molar-refractivity contribution is 7.15. The number of hydrogen-bond acceptors (Lipinski definition) is 3. The van der Waals surface area contributed by atoms with Crippen LogP contribution in [-0.2, 0) is 11.3 Å². The Labute approximate surface area is 125 Å². The van der Waals surface area contributed by atoms with Crippen molar-refractivity contribution in [1.29, 1.82) is 0 Å². The molecule has 2 nitrogen and oxygen atoms in total. The predicted octanol–water partition coefficient (Wildman–Crippen LogP) is 4.32. The van der Waals surface area contributed by atoms with Gasteiger partial charge in [0.25, 0.3) is 0 Å². The van der Waals surface area contributed by atoms with Crippen LogP contribution in [0.2, 0.25) is 0 Å². The van der Waals surface area contributed by atoms with Gasteiger partial charge in [0, 0.05) is 29.5 Å². The van der Waals surface area contributed by atoms with Crippen LogP contribution >= 0.6 is 11.3 Å². The van der Waals surface area contributed by atoms with Gasteiger partial charge < -0.3 is 10.1 Å². The highest BCUT2D eigenvalue weighted by Gasteiger charge is 2.01. The van der Waals surface area contributed by atoms with Crippen molar-refractivity contribution in [2.75, 3.05) is 19.8 Å². The van der Waals surface area contributed by atoms with Gasteiger partial charge in [-0.2, -0.15) is 0 Å². The molecule has 0 atom stereocenters. The maximum atomic E-state index is 5.46. The van der Waals surface area contributed by atoms with E-state index in [4.69, 9.17) is 4.74 Å². The summed E-state index contributed by atoms with van der Waals surface area (Å²) < 4.78 is 5.46. The lowest BCUT2D eigenvalue weighted by Gasteiger charge is -2.04. The largest absolute Gasteiger partial charge is 0.381 e. The summed E-state index contributed by atoms with van der Waals surface area (Å²) in [4.78, 5) is 2.73. The molecule has 0 fully saturated rings. The number of thiophene rings is 1. The van der Waals surface area contributed by atoms with Crippen LogP contribution in [0, 0.1) is 0 Å². The van der Waals surface area contributed by atoms with E-state index < -0.39 is 0 Å². The van der Waals surface area contributed by atoms with Crippen molar-refractivity contribution in [2.24, 2.45) is 0 Å². The molecule has 1 aromatic heterocycles. The molecule has 2 rings (SSSR count). The zero-order valence-electron chi connectivity index (χ0n) is 12.1. The molecule has 0 amide bonds. The van der Waals surface area contributed by atoms with Crippen molar-refractivity contribution in [3.8, 4) is 10.4 Å². The van der Waals surface area contributed by atoms with Gasteiger partial charge in [-0.05, 0) is 37.1 Å². The van der Waals surface area contributed by atoms with Gasteiger partial charge in [-0.1, -0.05) is 37.3 Å². The third-order valence-corrected chi connectivity index (χ3v) is 4.14. The molecule has 0 aliphatic rings. The first-order chi connectivity index (χ1) is 9.90. The highest BCUT2D eigenvalue weighted by atomic mass is 32.1. The topological polar surface area (TPSA) is 21.3 Å². The van der Waals surface area contributed by atoms with Crippen LogP contribution in [0.3, 0.4) is 0 Å². The van der Waals surface area contributed by atoms with E-state index >= 15 is 0 Å². The molecule has 1 N–H and O–H groups in total. The average molecular weight is 289 g/mol. The summed E-state index contributed by atoms with van der Waals surface area (Å²) in [7, 11) is 0. The first-order valence-electron chi connectivity index (χ1n) is 7.32. The minimum absolute atomic E-state index is 0.862. The monoisotopic (exact) mass is 289 g/mol. The minimum atomic E-state index is 0.862. The lowest BCUT2D eigenvalue weighted by atomic mass is 10.2. The Balaban J connectivity index is 1.69. The van der Waals surface area contributed by atoms with Crippen molar-refractivity contribution in [3.05, 3.63) is 47.3 Å². The van der Waals surface area contributed by atoms with Crippen LogP contribution in [0.1, 0.15) is 24.6 Å². The predicted molar refractivity (Wildman–Crippen MR) is 87.2 cm³/mol. The van der Waals surface area contributed by atoms with Gasteiger partial charge in [0.05, 0.1) is 0 Å². The molecule has 0 aliphatic heterocycles. The average Bonchev–Trinajstić information content (AvgIpc) is 2.96. The fourth-order valence-electron chi connectivity index (χ4n) is 1.99. The van der Waals surface area contributed by atoms with Crippen molar-refractivity contribution in [3.63, 3.8) is 0 Å². The molecule has 0 radical (unpaired) electrons. The molecule has 108 valence electrons. The molecule has 20 heavy (non-hydrogen) atoms. The van der Waals surface area contributed by atoms with Gasteiger partial charge in [-0.3, -0.25) is 0 Å². The summed E-state index contributed by atoms with van der Waals surface area (Å²) in [6, 6.07) is 15.0. The maximum Gasteiger partial charge on any atom is 0.0478 e. The molecule has 1 aromatic carbocycles. The van der Waals surface area contributed by atoms with Crippen LogP contribution < -0.4 is 5.32 Å². The number of ether oxygens (including phenoxy) is 1. The molecule has 0 saturated heterocycles. The van der Waals surface area contributed by atoms with Gasteiger partial charge in [-0.15, -0.1) is 11.3 Å². The molecule has 0 aliphatic carbocycles. The standard InChI is InChI=1S/C17H23NOS/c1-2-12-19-13-6-11-18-14-16-9-10-17(20-16)15-7-4-3-5-8-15/h3-5,7-10,18H,2,6,11-14H2,1H3. The van der Waals surface area contributed by atoms with E-state index in [1.165, 1.54) is 15.3 Å². The first-order valence-corrected chi connectivity index (χ1v) is 8.14. The lowest BCUT2D eigenvalue weighted by Crippen LogP contribution is -2.15. The Morgan fingerprint density at radius 2 is 1.90 bits per heavy atom. The van der Waals surface area contributed by atoms with Crippen molar-refractivity contribution in [2.45, 2.75) is 26.3 Å². The quantitative estimate of drug-likeness (QED) is 0.694. The van der Waals surface area contributed by atoms with Crippen LogP contribution in [0.25, 0.3) is 10.4 Å². The Hall–Kier alpha value is -1.16. The minimum Gasteiger partial charge on any atom is -0.381 e. The van der Waals surface area contributed by atoms with E-state index in [0.29, 0.717) is 0 Å². The summed E-state index contributed by atoms with van der Waals surface area (Å²) in [6.07, 6.45) is 2.18. The van der Waals surface area contributed by atoms with Crippen LogP contribution in [-0.4, -0.2) is 19.8 Å². The Kier molecular flexibility index (Phi) is 6.78. The fraction of sp³-hybridized carbons (Fsp3) is 0.412. The lowest BCUT2D eigenvalue weighted by molar-refractivity contribution is 0.132. The molecule has 0 spiro atoms. The van der Waals surface area contributed by atoms with E-state index in [1.54, 1.807) is 0 Å². The fourth-order valence-corrected chi connectivity index (χ4v) is 2.97. The van der Waals surface area contributed by atoms with Crippen LogP contribution in [0.5, 0.6) is 0 Å². The van der Waals surface area contributed by atoms with E-state index in [0.717, 1.165) is 39.1 Å². The summed E-state index contributed by atoms with van der Waals surface area (Å²) in [5.41, 5.74) is 1.30. The normalized spacial score (nSPS) is 10.8. The zero-order valence-corrected chi connectivity index (χ0v) is 12.9. The SMILES string of the molecule is CCCOCCCNCc1ccc(-c2ccccc2)s1. The first kappa shape index (κ1) is 15.2. The van der Waals surface area contributed by atoms with E-state index in [9.17, 15) is 0 Å². The Bertz CT molecular complexity index is 481. The molecular weight excluding hydrogens is 266 g/mol. The molecule has 0 unspecified atom stereocenters. The van der Waals surface area contributed by atoms with E-state index in [2.05, 4.69) is 54.7 Å². The Morgan fingerprint density at radius 1 is 1.05 bits per heavy atom. The van der Waals surface area contributed by atoms with Crippen LogP contribution in [0.4, 0.5) is 0 Å².